The summed E-state index contributed by atoms with van der Waals surface area (Å²) in [6.07, 6.45) is 3.02. The Kier molecular flexibility index (Phi) is 7.68. The number of ether oxygens (including phenoxy) is 2. The average Bonchev–Trinajstić information content (AvgIpc) is 3.13. The quantitative estimate of drug-likeness (QED) is 0.436. The summed E-state index contributed by atoms with van der Waals surface area (Å²) in [6.45, 7) is 2.01. The summed E-state index contributed by atoms with van der Waals surface area (Å²) in [5.74, 6) is 0.436. The zero-order valence-corrected chi connectivity index (χ0v) is 18.3. The molecule has 2 aromatic carbocycles. The zero-order chi connectivity index (χ0) is 21.5. The monoisotopic (exact) mass is 464 g/mol. The molecule has 0 saturated heterocycles. The topological polar surface area (TPSA) is 77.5 Å². The van der Waals surface area contributed by atoms with Gasteiger partial charge in [0.25, 0.3) is 5.91 Å². The molecule has 0 atom stereocenters. The fraction of sp³-hybridized carbons (Fsp3) is 0.190. The lowest BCUT2D eigenvalue weighted by Gasteiger charge is -2.11. The number of benzene rings is 2. The number of halogens is 2. The Balaban J connectivity index is 1.57. The lowest BCUT2D eigenvalue weighted by atomic mass is 10.1. The Hall–Kier alpha value is -2.61. The number of nitrogens with one attached hydrogen (secondary N) is 1. The van der Waals surface area contributed by atoms with Gasteiger partial charge >= 0.3 is 0 Å². The third-order valence-electron chi connectivity index (χ3n) is 3.86. The summed E-state index contributed by atoms with van der Waals surface area (Å²) in [4.78, 5) is 28.3. The minimum Gasteiger partial charge on any atom is -0.490 e. The first kappa shape index (κ1) is 22.1. The number of aromatic nitrogens is 1. The van der Waals surface area contributed by atoms with Gasteiger partial charge < -0.3 is 9.47 Å². The van der Waals surface area contributed by atoms with Crippen LogP contribution in [0.15, 0.2) is 42.6 Å². The molecule has 9 heteroatoms. The molecule has 3 rings (SSSR count). The summed E-state index contributed by atoms with van der Waals surface area (Å²) < 4.78 is 11.0. The molecule has 0 saturated carbocycles. The van der Waals surface area contributed by atoms with Gasteiger partial charge in [-0.25, -0.2) is 4.98 Å². The van der Waals surface area contributed by atoms with Crippen molar-refractivity contribution < 1.29 is 19.1 Å². The van der Waals surface area contributed by atoms with Crippen LogP contribution < -0.4 is 14.8 Å². The van der Waals surface area contributed by atoms with Gasteiger partial charge in [0.1, 0.15) is 6.29 Å². The third-order valence-corrected chi connectivity index (χ3v) is 5.21. The van der Waals surface area contributed by atoms with Crippen LogP contribution in [0, 0.1) is 0 Å². The second-order valence-electron chi connectivity index (χ2n) is 6.18. The van der Waals surface area contributed by atoms with Gasteiger partial charge in [-0.2, -0.15) is 0 Å². The van der Waals surface area contributed by atoms with E-state index in [4.69, 9.17) is 32.7 Å². The highest BCUT2D eigenvalue weighted by atomic mass is 35.5. The number of thiazole rings is 1. The largest absolute Gasteiger partial charge is 0.490 e. The molecule has 1 amide bonds. The van der Waals surface area contributed by atoms with Gasteiger partial charge in [0.15, 0.2) is 23.2 Å². The highest BCUT2D eigenvalue weighted by Crippen LogP contribution is 2.28. The van der Waals surface area contributed by atoms with E-state index < -0.39 is 0 Å². The van der Waals surface area contributed by atoms with Crippen molar-refractivity contribution in [3.05, 3.63) is 68.6 Å². The first-order valence-corrected chi connectivity index (χ1v) is 10.6. The number of nitrogens with zero attached hydrogens (tertiary/aromatic N) is 1. The fourth-order valence-corrected chi connectivity index (χ4v) is 4.08. The first-order chi connectivity index (χ1) is 14.5. The molecular formula is C21H18Cl2N2O4S. The molecule has 0 radical (unpaired) electrons. The summed E-state index contributed by atoms with van der Waals surface area (Å²) in [7, 11) is 0. The lowest BCUT2D eigenvalue weighted by Crippen LogP contribution is -2.20. The van der Waals surface area contributed by atoms with Gasteiger partial charge in [-0.1, -0.05) is 23.2 Å². The van der Waals surface area contributed by atoms with Crippen molar-refractivity contribution in [1.82, 2.24) is 4.98 Å². The molecule has 0 aliphatic heterocycles. The van der Waals surface area contributed by atoms with Crippen LogP contribution in [-0.2, 0) is 11.2 Å². The van der Waals surface area contributed by atoms with Crippen LogP contribution in [0.5, 0.6) is 11.5 Å². The predicted octanol–water partition coefficient (Wildman–Crippen LogP) is 5.27. The number of hydrogen-bond donors (Lipinski definition) is 1. The fourth-order valence-electron chi connectivity index (χ4n) is 2.65. The summed E-state index contributed by atoms with van der Waals surface area (Å²) in [5, 5.41) is 4.31. The molecule has 30 heavy (non-hydrogen) atoms. The molecule has 0 bridgehead atoms. The van der Waals surface area contributed by atoms with E-state index in [9.17, 15) is 9.59 Å². The van der Waals surface area contributed by atoms with Gasteiger partial charge in [-0.3, -0.25) is 14.9 Å². The SMILES string of the molecule is CCOc1cc(C=O)ccc1OCC(=O)Nc1ncc(Cc2cc(Cl)cc(Cl)c2)s1. The standard InChI is InChI=1S/C21H18Cl2N2O4S/c1-2-28-19-8-13(11-26)3-4-18(19)29-12-20(27)25-21-24-10-17(30-21)7-14-5-15(22)9-16(23)6-14/h3-6,8-11H,2,7,12H2,1H3,(H,24,25,27). The molecule has 1 N–H and O–H groups in total. The normalized spacial score (nSPS) is 10.5. The number of hydrogen-bond acceptors (Lipinski definition) is 6. The van der Waals surface area contributed by atoms with Crippen molar-refractivity contribution in [3.63, 3.8) is 0 Å². The summed E-state index contributed by atoms with van der Waals surface area (Å²) >= 11 is 13.4. The van der Waals surface area contributed by atoms with Crippen molar-refractivity contribution in [2.75, 3.05) is 18.5 Å². The van der Waals surface area contributed by atoms with E-state index in [0.717, 1.165) is 16.7 Å². The van der Waals surface area contributed by atoms with Crippen LogP contribution in [0.1, 0.15) is 27.7 Å². The number of carbonyl (C=O) groups is 2. The average molecular weight is 465 g/mol. The second kappa shape index (κ2) is 10.4. The number of carbonyl (C=O) groups excluding carboxylic acids is 2. The van der Waals surface area contributed by atoms with Crippen molar-refractivity contribution >= 4 is 51.9 Å². The van der Waals surface area contributed by atoms with Gasteiger partial charge in [-0.15, -0.1) is 11.3 Å². The molecule has 0 spiro atoms. The molecule has 1 aromatic heterocycles. The molecule has 1 heterocycles. The number of anilines is 1. The molecule has 6 nitrogen and oxygen atoms in total. The van der Waals surface area contributed by atoms with E-state index in [2.05, 4.69) is 10.3 Å². The third kappa shape index (κ3) is 6.19. The highest BCUT2D eigenvalue weighted by molar-refractivity contribution is 7.15. The Morgan fingerprint density at radius 3 is 2.60 bits per heavy atom. The van der Waals surface area contributed by atoms with Crippen LogP contribution >= 0.6 is 34.5 Å². The van der Waals surface area contributed by atoms with Gasteiger partial charge in [-0.05, 0) is 48.9 Å². The van der Waals surface area contributed by atoms with E-state index in [1.807, 2.05) is 19.1 Å². The van der Waals surface area contributed by atoms with E-state index in [1.54, 1.807) is 30.5 Å². The Morgan fingerprint density at radius 1 is 1.13 bits per heavy atom. The van der Waals surface area contributed by atoms with Crippen LogP contribution in [0.4, 0.5) is 5.13 Å². The number of aldehydes is 1. The maximum absolute atomic E-state index is 12.2. The molecular weight excluding hydrogens is 447 g/mol. The van der Waals surface area contributed by atoms with Crippen molar-refractivity contribution in [2.45, 2.75) is 13.3 Å². The number of rotatable bonds is 9. The summed E-state index contributed by atoms with van der Waals surface area (Å²) in [5.41, 5.74) is 1.42. The summed E-state index contributed by atoms with van der Waals surface area (Å²) in [6, 6.07) is 10.1. The minimum atomic E-state index is -0.358. The van der Waals surface area contributed by atoms with Crippen LogP contribution in [-0.4, -0.2) is 30.4 Å². The predicted molar refractivity (Wildman–Crippen MR) is 119 cm³/mol. The van der Waals surface area contributed by atoms with E-state index in [1.165, 1.54) is 11.3 Å². The van der Waals surface area contributed by atoms with Gasteiger partial charge in [0.05, 0.1) is 6.61 Å². The zero-order valence-electron chi connectivity index (χ0n) is 16.0. The van der Waals surface area contributed by atoms with E-state index in [-0.39, 0.29) is 12.5 Å². The van der Waals surface area contributed by atoms with Crippen molar-refractivity contribution in [3.8, 4) is 11.5 Å². The first-order valence-electron chi connectivity index (χ1n) is 9.01. The van der Waals surface area contributed by atoms with E-state index >= 15 is 0 Å². The smallest absolute Gasteiger partial charge is 0.264 e. The van der Waals surface area contributed by atoms with E-state index in [0.29, 0.717) is 45.3 Å². The van der Waals surface area contributed by atoms with Crippen LogP contribution in [0.3, 0.4) is 0 Å². The van der Waals surface area contributed by atoms with Gasteiger partial charge in [0, 0.05) is 33.1 Å². The Labute approximate surface area is 187 Å². The molecule has 0 aliphatic rings. The van der Waals surface area contributed by atoms with Gasteiger partial charge in [0.2, 0.25) is 0 Å². The second-order valence-corrected chi connectivity index (χ2v) is 8.17. The maximum Gasteiger partial charge on any atom is 0.264 e. The molecule has 0 fully saturated rings. The maximum atomic E-state index is 12.2. The Morgan fingerprint density at radius 2 is 1.90 bits per heavy atom. The van der Waals surface area contributed by atoms with Crippen LogP contribution in [0.2, 0.25) is 10.0 Å². The number of amides is 1. The Bertz CT molecular complexity index is 1030. The lowest BCUT2D eigenvalue weighted by molar-refractivity contribution is -0.118. The molecule has 156 valence electrons. The molecule has 3 aromatic rings. The van der Waals surface area contributed by atoms with Crippen LogP contribution in [0.25, 0.3) is 0 Å². The van der Waals surface area contributed by atoms with Crippen molar-refractivity contribution in [2.24, 2.45) is 0 Å². The highest BCUT2D eigenvalue weighted by Gasteiger charge is 2.12. The molecule has 0 aliphatic carbocycles. The molecule has 0 unspecified atom stereocenters. The van der Waals surface area contributed by atoms with Crippen molar-refractivity contribution in [1.29, 1.82) is 0 Å². The minimum absolute atomic E-state index is 0.223.